The summed E-state index contributed by atoms with van der Waals surface area (Å²) < 4.78 is 1.66. The zero-order chi connectivity index (χ0) is 13.8. The number of unbranched alkanes of at least 4 members (excludes halogenated alkanes) is 1. The van der Waals surface area contributed by atoms with Gasteiger partial charge in [-0.3, -0.25) is 9.36 Å². The molecule has 0 unspecified atom stereocenters. The van der Waals surface area contributed by atoms with Crippen molar-refractivity contribution in [3.8, 4) is 11.3 Å². The van der Waals surface area contributed by atoms with E-state index >= 15 is 0 Å². The van der Waals surface area contributed by atoms with E-state index in [1.165, 1.54) is 6.92 Å². The standard InChI is InChI=1S/C15H18N2O2/c1-3-4-10-17-14(12-8-6-5-7-9-12)13(11(2)18)16-15(17)19/h5-9H,3-4,10H2,1-2H3,(H,16,19). The van der Waals surface area contributed by atoms with Crippen LogP contribution in [-0.4, -0.2) is 15.3 Å². The van der Waals surface area contributed by atoms with Crippen LogP contribution in [0.4, 0.5) is 0 Å². The van der Waals surface area contributed by atoms with Gasteiger partial charge >= 0.3 is 5.69 Å². The molecular weight excluding hydrogens is 240 g/mol. The summed E-state index contributed by atoms with van der Waals surface area (Å²) >= 11 is 0. The van der Waals surface area contributed by atoms with Crippen molar-refractivity contribution < 1.29 is 4.79 Å². The van der Waals surface area contributed by atoms with Crippen molar-refractivity contribution in [3.05, 3.63) is 46.5 Å². The fourth-order valence-electron chi connectivity index (χ4n) is 2.15. The fraction of sp³-hybridized carbons (Fsp3) is 0.333. The quantitative estimate of drug-likeness (QED) is 0.838. The van der Waals surface area contributed by atoms with Crippen molar-refractivity contribution in [2.75, 3.05) is 0 Å². The molecule has 0 aliphatic rings. The Morgan fingerprint density at radius 3 is 2.53 bits per heavy atom. The van der Waals surface area contributed by atoms with Crippen LogP contribution in [0.2, 0.25) is 0 Å². The monoisotopic (exact) mass is 258 g/mol. The third kappa shape index (κ3) is 2.67. The minimum atomic E-state index is -0.211. The Labute approximate surface area is 112 Å². The Hall–Kier alpha value is -2.10. The van der Waals surface area contributed by atoms with Gasteiger partial charge in [-0.1, -0.05) is 43.7 Å². The van der Waals surface area contributed by atoms with Gasteiger partial charge in [0.15, 0.2) is 5.78 Å². The molecule has 100 valence electrons. The molecule has 1 heterocycles. The summed E-state index contributed by atoms with van der Waals surface area (Å²) in [5.74, 6) is -0.119. The highest BCUT2D eigenvalue weighted by atomic mass is 16.2. The van der Waals surface area contributed by atoms with E-state index in [1.54, 1.807) is 4.57 Å². The molecule has 2 aromatic rings. The Morgan fingerprint density at radius 2 is 1.95 bits per heavy atom. The van der Waals surface area contributed by atoms with Gasteiger partial charge in [0.25, 0.3) is 0 Å². The van der Waals surface area contributed by atoms with Crippen molar-refractivity contribution in [2.45, 2.75) is 33.2 Å². The Balaban J connectivity index is 2.61. The highest BCUT2D eigenvalue weighted by Gasteiger charge is 2.18. The molecule has 0 radical (unpaired) electrons. The summed E-state index contributed by atoms with van der Waals surface area (Å²) in [6, 6.07) is 9.55. The first-order valence-corrected chi connectivity index (χ1v) is 6.54. The molecule has 1 N–H and O–H groups in total. The lowest BCUT2D eigenvalue weighted by Gasteiger charge is -2.08. The number of H-pyrrole nitrogens is 1. The van der Waals surface area contributed by atoms with Gasteiger partial charge in [-0.15, -0.1) is 0 Å². The summed E-state index contributed by atoms with van der Waals surface area (Å²) in [7, 11) is 0. The van der Waals surface area contributed by atoms with Crippen molar-refractivity contribution in [1.82, 2.24) is 9.55 Å². The minimum absolute atomic E-state index is 0.119. The number of Topliss-reactive ketones (excluding diaryl/α,β-unsaturated/α-hetero) is 1. The maximum absolute atomic E-state index is 12.0. The molecule has 1 aromatic heterocycles. The van der Waals surface area contributed by atoms with E-state index in [4.69, 9.17) is 0 Å². The molecule has 0 spiro atoms. The summed E-state index contributed by atoms with van der Waals surface area (Å²) in [5.41, 5.74) is 1.78. The second kappa shape index (κ2) is 5.69. The molecule has 4 nitrogen and oxygen atoms in total. The molecule has 0 aliphatic carbocycles. The molecule has 0 atom stereocenters. The first-order chi connectivity index (χ1) is 9.15. The zero-order valence-corrected chi connectivity index (χ0v) is 11.3. The Kier molecular flexibility index (Phi) is 4.00. The van der Waals surface area contributed by atoms with E-state index < -0.39 is 0 Å². The first kappa shape index (κ1) is 13.3. The van der Waals surface area contributed by atoms with Crippen molar-refractivity contribution in [1.29, 1.82) is 0 Å². The number of hydrogen-bond acceptors (Lipinski definition) is 2. The number of benzene rings is 1. The van der Waals surface area contributed by atoms with Gasteiger partial charge in [0.1, 0.15) is 5.69 Å². The molecule has 4 heteroatoms. The van der Waals surface area contributed by atoms with Gasteiger partial charge in [-0.25, -0.2) is 4.79 Å². The number of ketones is 1. The van der Waals surface area contributed by atoms with Gasteiger partial charge in [-0.05, 0) is 6.42 Å². The molecular formula is C15H18N2O2. The van der Waals surface area contributed by atoms with E-state index in [1.807, 2.05) is 30.3 Å². The predicted molar refractivity (Wildman–Crippen MR) is 75.4 cm³/mol. The first-order valence-electron chi connectivity index (χ1n) is 6.54. The van der Waals surface area contributed by atoms with Crippen LogP contribution >= 0.6 is 0 Å². The Bertz CT molecular complexity index is 623. The van der Waals surface area contributed by atoms with Crippen LogP contribution in [0.3, 0.4) is 0 Å². The van der Waals surface area contributed by atoms with Crippen LogP contribution in [0.25, 0.3) is 11.3 Å². The van der Waals surface area contributed by atoms with Crippen LogP contribution in [0.5, 0.6) is 0 Å². The number of imidazole rings is 1. The average Bonchev–Trinajstić information content (AvgIpc) is 2.74. The van der Waals surface area contributed by atoms with Crippen molar-refractivity contribution >= 4 is 5.78 Å². The summed E-state index contributed by atoms with van der Waals surface area (Å²) in [6.45, 7) is 4.18. The van der Waals surface area contributed by atoms with Crippen LogP contribution in [0.1, 0.15) is 37.2 Å². The number of carbonyl (C=O) groups excluding carboxylic acids is 1. The summed E-state index contributed by atoms with van der Waals surface area (Å²) in [4.78, 5) is 26.4. The predicted octanol–water partition coefficient (Wildman–Crippen LogP) is 2.85. The van der Waals surface area contributed by atoms with E-state index in [9.17, 15) is 9.59 Å². The fourth-order valence-corrected chi connectivity index (χ4v) is 2.15. The smallest absolute Gasteiger partial charge is 0.303 e. The largest absolute Gasteiger partial charge is 0.326 e. The van der Waals surface area contributed by atoms with Crippen molar-refractivity contribution in [2.24, 2.45) is 0 Å². The number of aromatic nitrogens is 2. The molecule has 0 amide bonds. The number of nitrogens with zero attached hydrogens (tertiary/aromatic N) is 1. The van der Waals surface area contributed by atoms with E-state index in [-0.39, 0.29) is 11.5 Å². The molecule has 1 aromatic carbocycles. The van der Waals surface area contributed by atoms with Gasteiger partial charge < -0.3 is 4.98 Å². The van der Waals surface area contributed by atoms with Gasteiger partial charge in [-0.2, -0.15) is 0 Å². The number of aromatic amines is 1. The number of nitrogens with one attached hydrogen (secondary N) is 1. The van der Waals surface area contributed by atoms with Gasteiger partial charge in [0, 0.05) is 19.0 Å². The molecule has 19 heavy (non-hydrogen) atoms. The number of carbonyl (C=O) groups is 1. The zero-order valence-electron chi connectivity index (χ0n) is 11.3. The number of hydrogen-bond donors (Lipinski definition) is 1. The lowest BCUT2D eigenvalue weighted by atomic mass is 10.1. The lowest BCUT2D eigenvalue weighted by molar-refractivity contribution is 0.101. The van der Waals surface area contributed by atoms with Crippen LogP contribution in [0, 0.1) is 0 Å². The highest BCUT2D eigenvalue weighted by molar-refractivity contribution is 5.98. The van der Waals surface area contributed by atoms with Gasteiger partial charge in [0.2, 0.25) is 0 Å². The maximum Gasteiger partial charge on any atom is 0.326 e. The molecule has 0 saturated carbocycles. The lowest BCUT2D eigenvalue weighted by Crippen LogP contribution is -2.17. The number of rotatable bonds is 5. The van der Waals surface area contributed by atoms with Gasteiger partial charge in [0.05, 0.1) is 5.69 Å². The maximum atomic E-state index is 12.0. The minimum Gasteiger partial charge on any atom is -0.303 e. The normalized spacial score (nSPS) is 10.6. The molecule has 0 saturated heterocycles. The summed E-state index contributed by atoms with van der Waals surface area (Å²) in [5, 5.41) is 0. The molecule has 0 fully saturated rings. The molecule has 2 rings (SSSR count). The Morgan fingerprint density at radius 1 is 1.26 bits per heavy atom. The van der Waals surface area contributed by atoms with E-state index in [0.717, 1.165) is 18.4 Å². The van der Waals surface area contributed by atoms with Crippen LogP contribution in [0.15, 0.2) is 35.1 Å². The second-order valence-corrected chi connectivity index (χ2v) is 4.58. The molecule has 0 aliphatic heterocycles. The van der Waals surface area contributed by atoms with Crippen LogP contribution < -0.4 is 5.69 Å². The third-order valence-electron chi connectivity index (χ3n) is 3.12. The second-order valence-electron chi connectivity index (χ2n) is 4.58. The van der Waals surface area contributed by atoms with Crippen LogP contribution in [-0.2, 0) is 6.54 Å². The van der Waals surface area contributed by atoms with Crippen molar-refractivity contribution in [3.63, 3.8) is 0 Å². The average molecular weight is 258 g/mol. The summed E-state index contributed by atoms with van der Waals surface area (Å²) in [6.07, 6.45) is 1.91. The topological polar surface area (TPSA) is 54.9 Å². The molecule has 0 bridgehead atoms. The SMILES string of the molecule is CCCCn1c(-c2ccccc2)c(C(C)=O)[nH]c1=O. The van der Waals surface area contributed by atoms with E-state index in [2.05, 4.69) is 11.9 Å². The highest BCUT2D eigenvalue weighted by Crippen LogP contribution is 2.22. The van der Waals surface area contributed by atoms with E-state index in [0.29, 0.717) is 17.9 Å². The third-order valence-corrected chi connectivity index (χ3v) is 3.12.